The van der Waals surface area contributed by atoms with Crippen molar-refractivity contribution in [1.29, 1.82) is 0 Å². The lowest BCUT2D eigenvalue weighted by atomic mass is 10.2. The summed E-state index contributed by atoms with van der Waals surface area (Å²) in [5.74, 6) is 1.17. The van der Waals surface area contributed by atoms with Gasteiger partial charge in [0.05, 0.1) is 13.7 Å². The number of sulfonamides is 1. The van der Waals surface area contributed by atoms with Gasteiger partial charge in [-0.2, -0.15) is 12.8 Å². The molecular weight excluding hydrogens is 322 g/mol. The predicted octanol–water partition coefficient (Wildman–Crippen LogP) is 3.35. The quantitative estimate of drug-likeness (QED) is 0.726. The maximum absolute atomic E-state index is 12.0. The Bertz CT molecular complexity index is 737. The average molecular weight is 339 g/mol. The molecular formula is C15H17NO4S2. The number of hydrogen-bond acceptors (Lipinski definition) is 5. The Kier molecular flexibility index (Phi) is 5.57. The van der Waals surface area contributed by atoms with Crippen molar-refractivity contribution in [3.8, 4) is 11.5 Å². The van der Waals surface area contributed by atoms with Gasteiger partial charge in [-0.3, -0.25) is 0 Å². The summed E-state index contributed by atoms with van der Waals surface area (Å²) < 4.78 is 38.7. The number of benzene rings is 1. The van der Waals surface area contributed by atoms with Crippen LogP contribution in [0.1, 0.15) is 18.9 Å². The lowest BCUT2D eigenvalue weighted by molar-refractivity contribution is 0.294. The van der Waals surface area contributed by atoms with Gasteiger partial charge in [0.25, 0.3) is 10.0 Å². The Morgan fingerprint density at radius 3 is 2.73 bits per heavy atom. The van der Waals surface area contributed by atoms with Crippen molar-refractivity contribution < 1.29 is 17.9 Å². The van der Waals surface area contributed by atoms with Crippen LogP contribution in [0.5, 0.6) is 11.5 Å². The van der Waals surface area contributed by atoms with Crippen LogP contribution in [-0.4, -0.2) is 28.3 Å². The van der Waals surface area contributed by atoms with Crippen molar-refractivity contribution in [2.45, 2.75) is 17.6 Å². The summed E-state index contributed by atoms with van der Waals surface area (Å²) >= 11 is 1.14. The minimum atomic E-state index is -3.64. The molecule has 0 N–H and O–H groups in total. The summed E-state index contributed by atoms with van der Waals surface area (Å²) in [5.41, 5.74) is 0.626. The summed E-state index contributed by atoms with van der Waals surface area (Å²) in [7, 11) is -2.10. The van der Waals surface area contributed by atoms with E-state index >= 15 is 0 Å². The van der Waals surface area contributed by atoms with E-state index in [0.717, 1.165) is 17.8 Å². The van der Waals surface area contributed by atoms with Gasteiger partial charge in [-0.05, 0) is 41.6 Å². The predicted molar refractivity (Wildman–Crippen MR) is 87.9 cm³/mol. The Balaban J connectivity index is 2.21. The van der Waals surface area contributed by atoms with Crippen LogP contribution in [0.25, 0.3) is 0 Å². The Morgan fingerprint density at radius 2 is 2.09 bits per heavy atom. The molecule has 0 saturated heterocycles. The van der Waals surface area contributed by atoms with Crippen molar-refractivity contribution in [3.63, 3.8) is 0 Å². The van der Waals surface area contributed by atoms with E-state index in [4.69, 9.17) is 9.47 Å². The zero-order valence-corrected chi connectivity index (χ0v) is 14.0. The number of ether oxygens (including phenoxy) is 2. The molecule has 1 aromatic carbocycles. The van der Waals surface area contributed by atoms with Crippen LogP contribution in [0.15, 0.2) is 44.3 Å². The normalized spacial score (nSPS) is 11.7. The van der Waals surface area contributed by atoms with Gasteiger partial charge < -0.3 is 9.47 Å². The highest BCUT2D eigenvalue weighted by Gasteiger charge is 2.12. The van der Waals surface area contributed by atoms with E-state index in [1.54, 1.807) is 29.6 Å². The van der Waals surface area contributed by atoms with Crippen LogP contribution in [0.4, 0.5) is 0 Å². The smallest absolute Gasteiger partial charge is 0.291 e. The molecule has 22 heavy (non-hydrogen) atoms. The zero-order chi connectivity index (χ0) is 16.0. The highest BCUT2D eigenvalue weighted by Crippen LogP contribution is 2.28. The van der Waals surface area contributed by atoms with Crippen molar-refractivity contribution in [3.05, 3.63) is 41.3 Å². The number of nitrogens with zero attached hydrogens (tertiary/aromatic N) is 1. The van der Waals surface area contributed by atoms with Gasteiger partial charge in [-0.1, -0.05) is 13.0 Å². The number of thiophene rings is 1. The third-order valence-corrected chi connectivity index (χ3v) is 5.35. The van der Waals surface area contributed by atoms with Gasteiger partial charge in [0.15, 0.2) is 11.5 Å². The first-order chi connectivity index (χ1) is 10.6. The second-order valence-corrected chi connectivity index (χ2v) is 7.21. The zero-order valence-electron chi connectivity index (χ0n) is 12.4. The third kappa shape index (κ3) is 4.08. The SMILES string of the molecule is CCCOc1ccc(/C=N\S(=O)(=O)c2cccs2)cc1OC. The monoisotopic (exact) mass is 339 g/mol. The van der Waals surface area contributed by atoms with E-state index in [9.17, 15) is 8.42 Å². The molecule has 7 heteroatoms. The lowest BCUT2D eigenvalue weighted by Crippen LogP contribution is -1.99. The Morgan fingerprint density at radius 1 is 1.27 bits per heavy atom. The first-order valence-electron chi connectivity index (χ1n) is 6.71. The second-order valence-electron chi connectivity index (χ2n) is 4.40. The largest absolute Gasteiger partial charge is 0.493 e. The average Bonchev–Trinajstić information content (AvgIpc) is 3.06. The van der Waals surface area contributed by atoms with Gasteiger partial charge >= 0.3 is 0 Å². The topological polar surface area (TPSA) is 65.0 Å². The van der Waals surface area contributed by atoms with Gasteiger partial charge in [-0.25, -0.2) is 0 Å². The molecule has 0 spiro atoms. The molecule has 2 aromatic rings. The Labute approximate surface area is 134 Å². The summed E-state index contributed by atoms with van der Waals surface area (Å²) in [6.45, 7) is 2.61. The molecule has 0 saturated carbocycles. The minimum Gasteiger partial charge on any atom is -0.493 e. The molecule has 118 valence electrons. The highest BCUT2D eigenvalue weighted by atomic mass is 32.2. The molecule has 1 heterocycles. The van der Waals surface area contributed by atoms with Crippen LogP contribution in [0, 0.1) is 0 Å². The molecule has 0 bridgehead atoms. The van der Waals surface area contributed by atoms with E-state index in [-0.39, 0.29) is 4.21 Å². The molecule has 1 aromatic heterocycles. The molecule has 0 amide bonds. The number of methoxy groups -OCH3 is 1. The minimum absolute atomic E-state index is 0.221. The fourth-order valence-corrected chi connectivity index (χ4v) is 3.53. The maximum Gasteiger partial charge on any atom is 0.291 e. The molecule has 0 aliphatic heterocycles. The van der Waals surface area contributed by atoms with Crippen molar-refractivity contribution in [1.82, 2.24) is 0 Å². The van der Waals surface area contributed by atoms with Gasteiger partial charge in [-0.15, -0.1) is 11.3 Å². The highest BCUT2D eigenvalue weighted by molar-refractivity contribution is 7.92. The lowest BCUT2D eigenvalue weighted by Gasteiger charge is -2.10. The molecule has 5 nitrogen and oxygen atoms in total. The first-order valence-corrected chi connectivity index (χ1v) is 9.03. The Hall–Kier alpha value is -1.86. The molecule has 0 aliphatic carbocycles. The molecule has 0 unspecified atom stereocenters. The first kappa shape index (κ1) is 16.5. The van der Waals surface area contributed by atoms with E-state index in [1.165, 1.54) is 19.4 Å². The van der Waals surface area contributed by atoms with Crippen molar-refractivity contribution >= 4 is 27.6 Å². The molecule has 0 atom stereocenters. The van der Waals surface area contributed by atoms with E-state index in [1.807, 2.05) is 6.92 Å². The molecule has 2 rings (SSSR count). The summed E-state index contributed by atoms with van der Waals surface area (Å²) in [6.07, 6.45) is 2.20. The molecule has 0 radical (unpaired) electrons. The van der Waals surface area contributed by atoms with E-state index in [0.29, 0.717) is 23.7 Å². The fraction of sp³-hybridized carbons (Fsp3) is 0.267. The third-order valence-electron chi connectivity index (χ3n) is 2.74. The maximum atomic E-state index is 12.0. The van der Waals surface area contributed by atoms with E-state index < -0.39 is 10.0 Å². The van der Waals surface area contributed by atoms with Crippen LogP contribution >= 0.6 is 11.3 Å². The van der Waals surface area contributed by atoms with Gasteiger partial charge in [0.2, 0.25) is 0 Å². The van der Waals surface area contributed by atoms with Crippen LogP contribution < -0.4 is 9.47 Å². The van der Waals surface area contributed by atoms with E-state index in [2.05, 4.69) is 4.40 Å². The number of hydrogen-bond donors (Lipinski definition) is 0. The van der Waals surface area contributed by atoms with Crippen molar-refractivity contribution in [2.75, 3.05) is 13.7 Å². The van der Waals surface area contributed by atoms with Crippen LogP contribution in [0.3, 0.4) is 0 Å². The van der Waals surface area contributed by atoms with Crippen LogP contribution in [-0.2, 0) is 10.0 Å². The standard InChI is InChI=1S/C15H17NO4S2/c1-3-8-20-13-7-6-12(10-14(13)19-2)11-16-22(17,18)15-5-4-9-21-15/h4-7,9-11H,3,8H2,1-2H3/b16-11-. The van der Waals surface area contributed by atoms with Gasteiger partial charge in [0.1, 0.15) is 4.21 Å². The second kappa shape index (κ2) is 7.42. The summed E-state index contributed by atoms with van der Waals surface area (Å²) in [4.78, 5) is 0. The molecule has 0 fully saturated rings. The van der Waals surface area contributed by atoms with Crippen LogP contribution in [0.2, 0.25) is 0 Å². The molecule has 0 aliphatic rings. The number of rotatable bonds is 7. The fourth-order valence-electron chi connectivity index (χ4n) is 1.69. The summed E-state index contributed by atoms with van der Waals surface area (Å²) in [6, 6.07) is 8.38. The van der Waals surface area contributed by atoms with Crippen molar-refractivity contribution in [2.24, 2.45) is 4.40 Å². The summed E-state index contributed by atoms with van der Waals surface area (Å²) in [5, 5.41) is 1.70. The van der Waals surface area contributed by atoms with Gasteiger partial charge in [0, 0.05) is 6.21 Å².